The molecule has 0 spiro atoms. The first-order valence-electron chi connectivity index (χ1n) is 1.00. The van der Waals surface area contributed by atoms with Gasteiger partial charge in [0.25, 0.3) is 0 Å². The van der Waals surface area contributed by atoms with Crippen molar-refractivity contribution in [2.75, 3.05) is 0 Å². The normalized spacial score (nSPS) is 2.60. The van der Waals surface area contributed by atoms with Crippen LogP contribution in [0, 0.1) is 0 Å². The summed E-state index contributed by atoms with van der Waals surface area (Å²) in [7, 11) is 0. The summed E-state index contributed by atoms with van der Waals surface area (Å²) in [6.07, 6.45) is 0. The molecule has 0 aliphatic heterocycles. The average molecular weight is 472 g/mol. The van der Waals surface area contributed by atoms with E-state index in [9.17, 15) is 0 Å². The van der Waals surface area contributed by atoms with Crippen LogP contribution in [0.5, 0.6) is 0 Å². The Labute approximate surface area is 85.5 Å². The van der Waals surface area contributed by atoms with E-state index in [-0.39, 0.29) is 0 Å². The second kappa shape index (κ2) is 15.7. The van der Waals surface area contributed by atoms with Gasteiger partial charge in [-0.05, 0) is 0 Å². The van der Waals surface area contributed by atoms with E-state index in [4.69, 9.17) is 0 Å². The Morgan fingerprint density at radius 1 is 1.20 bits per heavy atom. The molecule has 0 aliphatic rings. The SMILES string of the molecule is [In]=[In].[In][CH]=[In]. The third kappa shape index (κ3) is 18.7. The van der Waals surface area contributed by atoms with Crippen LogP contribution in [-0.4, -0.2) is 87.9 Å². The quantitative estimate of drug-likeness (QED) is 0.396. The Morgan fingerprint density at radius 2 is 1.20 bits per heavy atom. The molecule has 17 valence electrons. The Balaban J connectivity index is 0. The maximum atomic E-state index is 2.26. The molecule has 5 heavy (non-hydrogen) atoms. The van der Waals surface area contributed by atoms with E-state index in [1.807, 2.05) is 0 Å². The number of rotatable bonds is 0. The Kier molecular flexibility index (Phi) is 35.0. The van der Waals surface area contributed by atoms with Crippen molar-refractivity contribution in [3.8, 4) is 0 Å². The molecule has 4 heteroatoms. The standard InChI is InChI=1S/CH.4In/h1H;;;;. The average Bonchev–Trinajstić information content (AvgIpc) is 1.46. The van der Waals surface area contributed by atoms with E-state index in [1.165, 1.54) is 86.4 Å². The van der Waals surface area contributed by atoms with Crippen molar-refractivity contribution in [2.45, 2.75) is 0 Å². The zero-order valence-electron chi connectivity index (χ0n) is 2.89. The van der Waals surface area contributed by atoms with Gasteiger partial charge in [0.2, 0.25) is 0 Å². The topological polar surface area (TPSA) is 0 Å². The van der Waals surface area contributed by atoms with Crippen LogP contribution in [0.15, 0.2) is 0 Å². The van der Waals surface area contributed by atoms with Crippen LogP contribution >= 0.6 is 0 Å². The zero-order valence-corrected chi connectivity index (χ0v) is 16.1. The summed E-state index contributed by atoms with van der Waals surface area (Å²) in [6.45, 7) is 0. The van der Waals surface area contributed by atoms with Crippen molar-refractivity contribution in [3.63, 3.8) is 0 Å². The molecule has 0 saturated heterocycles. The van der Waals surface area contributed by atoms with Crippen molar-refractivity contribution in [3.05, 3.63) is 0 Å². The Bertz CT molecular complexity index is 17.6. The number of hydrogen-bond donors (Lipinski definition) is 0. The summed E-state index contributed by atoms with van der Waals surface area (Å²) in [5.41, 5.74) is 0. The first-order chi connectivity index (χ1) is 2.41. The first-order valence-corrected chi connectivity index (χ1v) is 19.5. The predicted molar refractivity (Wildman–Crippen MR) is 29.1 cm³/mol. The summed E-state index contributed by atoms with van der Waals surface area (Å²) >= 11 is 5.66. The second-order valence-electron chi connectivity index (χ2n) is 0.192. The second-order valence-corrected chi connectivity index (χ2v) is 8.66. The summed E-state index contributed by atoms with van der Waals surface area (Å²) in [6, 6.07) is 0. The van der Waals surface area contributed by atoms with Gasteiger partial charge in [-0.3, -0.25) is 0 Å². The minimum atomic E-state index is 1.35. The summed E-state index contributed by atoms with van der Waals surface area (Å²) in [5, 5.41) is 0. The summed E-state index contributed by atoms with van der Waals surface area (Å²) in [5.74, 6) is 0. The molecule has 5 radical (unpaired) electrons. The van der Waals surface area contributed by atoms with Crippen LogP contribution < -0.4 is 0 Å². The molecule has 0 unspecified atom stereocenters. The van der Waals surface area contributed by atoms with Crippen molar-refractivity contribution >= 4 is 87.9 Å². The van der Waals surface area contributed by atoms with Gasteiger partial charge >= 0.3 is 87.9 Å². The van der Waals surface area contributed by atoms with Crippen LogP contribution in [0.3, 0.4) is 0 Å². The fraction of sp³-hybridized carbons (Fsp3) is 0. The molecule has 0 saturated carbocycles. The molecule has 0 fully saturated rings. The molecule has 0 aromatic carbocycles. The Hall–Kier alpha value is 3.35. The van der Waals surface area contributed by atoms with Crippen molar-refractivity contribution in [1.82, 2.24) is 0 Å². The molecule has 0 aliphatic carbocycles. The number of hydrogen-bond acceptors (Lipinski definition) is 0. The van der Waals surface area contributed by atoms with Gasteiger partial charge in [-0.1, -0.05) is 0 Å². The molecular formula is CHIn4. The predicted octanol–water partition coefficient (Wildman–Crippen LogP) is -1.68. The van der Waals surface area contributed by atoms with Gasteiger partial charge in [-0.25, -0.2) is 0 Å². The van der Waals surface area contributed by atoms with Gasteiger partial charge in [0.1, 0.15) is 0 Å². The molecule has 0 bridgehead atoms. The molecule has 0 aromatic rings. The summed E-state index contributed by atoms with van der Waals surface area (Å²) in [4.78, 5) is 0. The van der Waals surface area contributed by atoms with Gasteiger partial charge in [0, 0.05) is 0 Å². The molecule has 0 nitrogen and oxygen atoms in total. The van der Waals surface area contributed by atoms with Crippen molar-refractivity contribution in [1.29, 1.82) is 0 Å². The van der Waals surface area contributed by atoms with Gasteiger partial charge < -0.3 is 0 Å². The third-order valence-corrected chi connectivity index (χ3v) is 0. The van der Waals surface area contributed by atoms with E-state index in [0.717, 1.165) is 0 Å². The van der Waals surface area contributed by atoms with Crippen LogP contribution in [0.25, 0.3) is 0 Å². The maximum absolute atomic E-state index is 2.26. The van der Waals surface area contributed by atoms with Crippen LogP contribution in [0.2, 0.25) is 0 Å². The zero-order chi connectivity index (χ0) is 4.71. The molecular weight excluding hydrogens is 471 g/mol. The van der Waals surface area contributed by atoms with Crippen LogP contribution in [0.1, 0.15) is 0 Å². The van der Waals surface area contributed by atoms with E-state index in [1.54, 1.807) is 0 Å². The van der Waals surface area contributed by atoms with Crippen LogP contribution in [0.4, 0.5) is 0 Å². The van der Waals surface area contributed by atoms with Gasteiger partial charge in [-0.2, -0.15) is 0 Å². The molecule has 0 atom stereocenters. The van der Waals surface area contributed by atoms with Gasteiger partial charge in [0.05, 0.1) is 0 Å². The molecule has 0 N–H and O–H groups in total. The minimum absolute atomic E-state index is 1.35. The molecule has 0 aromatic heterocycles. The van der Waals surface area contributed by atoms with E-state index in [0.29, 0.717) is 0 Å². The van der Waals surface area contributed by atoms with Crippen molar-refractivity contribution < 1.29 is 0 Å². The van der Waals surface area contributed by atoms with Crippen LogP contribution in [-0.2, 0) is 0 Å². The van der Waals surface area contributed by atoms with E-state index < -0.39 is 0 Å². The van der Waals surface area contributed by atoms with Gasteiger partial charge in [-0.15, -0.1) is 0 Å². The molecule has 0 rings (SSSR count). The van der Waals surface area contributed by atoms with E-state index in [2.05, 4.69) is 1.51 Å². The summed E-state index contributed by atoms with van der Waals surface area (Å²) < 4.78 is 2.26. The Morgan fingerprint density at radius 3 is 1.20 bits per heavy atom. The fourth-order valence-corrected chi connectivity index (χ4v) is 0. The molecule has 0 amide bonds. The monoisotopic (exact) mass is 473 g/mol. The first kappa shape index (κ1) is 11.2. The third-order valence-electron chi connectivity index (χ3n) is 0. The van der Waals surface area contributed by atoms with Crippen molar-refractivity contribution in [2.24, 2.45) is 0 Å². The molecule has 0 heterocycles. The fourth-order valence-electron chi connectivity index (χ4n) is 0. The van der Waals surface area contributed by atoms with Gasteiger partial charge in [0.15, 0.2) is 0 Å². The van der Waals surface area contributed by atoms with E-state index >= 15 is 0 Å².